The predicted octanol–water partition coefficient (Wildman–Crippen LogP) is 9.53. The van der Waals surface area contributed by atoms with Crippen LogP contribution in [0.15, 0.2) is 120 Å². The van der Waals surface area contributed by atoms with Gasteiger partial charge in [0.25, 0.3) is 0 Å². The molecule has 0 saturated heterocycles. The summed E-state index contributed by atoms with van der Waals surface area (Å²) in [7, 11) is 0. The Morgan fingerprint density at radius 1 is 0.689 bits per heavy atom. The zero-order valence-electron chi connectivity index (χ0n) is 25.0. The first-order chi connectivity index (χ1) is 21.5. The number of pyridine rings is 4. The van der Waals surface area contributed by atoms with Gasteiger partial charge < -0.3 is 14.4 Å². The van der Waals surface area contributed by atoms with Gasteiger partial charge in [0, 0.05) is 61.4 Å². The molecule has 3 aromatic carbocycles. The number of fused-ring (bicyclic) bond motifs is 4. The summed E-state index contributed by atoms with van der Waals surface area (Å²) >= 11 is 0. The van der Waals surface area contributed by atoms with Crippen LogP contribution in [0.3, 0.4) is 0 Å². The first-order valence-electron chi connectivity index (χ1n) is 14.4. The minimum atomic E-state index is 0. The van der Waals surface area contributed by atoms with E-state index in [2.05, 4.69) is 81.5 Å². The number of aryl methyl sites for hydroxylation is 3. The number of benzene rings is 3. The fourth-order valence-corrected chi connectivity index (χ4v) is 5.30. The van der Waals surface area contributed by atoms with Gasteiger partial charge in [-0.1, -0.05) is 54.3 Å². The molecule has 0 N–H and O–H groups in total. The molecule has 0 aliphatic carbocycles. The fraction of sp³-hybridized carbons (Fsp3) is 0.0769. The van der Waals surface area contributed by atoms with Crippen LogP contribution >= 0.6 is 0 Å². The topological polar surface area (TPSA) is 64.7 Å². The van der Waals surface area contributed by atoms with Gasteiger partial charge in [-0.2, -0.15) is 0 Å². The SMILES string of the molecule is Cc1c[c-]c(-c2ccc(C)cn2)cc1.Cc1ccc2c(n1)oc1c(-c3cc(-c4cccc5cnccc45)ccn3)[c-]ccc12.[Ir]. The number of rotatable bonds is 3. The van der Waals surface area contributed by atoms with Gasteiger partial charge in [0.1, 0.15) is 0 Å². The molecule has 0 amide bonds. The minimum Gasteiger partial charge on any atom is -0.486 e. The normalized spacial score (nSPS) is 10.8. The van der Waals surface area contributed by atoms with Crippen LogP contribution in [0.5, 0.6) is 0 Å². The van der Waals surface area contributed by atoms with E-state index in [0.717, 1.165) is 66.5 Å². The molecule has 0 unspecified atom stereocenters. The molecule has 45 heavy (non-hydrogen) atoms. The zero-order valence-corrected chi connectivity index (χ0v) is 27.4. The maximum absolute atomic E-state index is 6.14. The number of hydrogen-bond acceptors (Lipinski definition) is 5. The van der Waals surface area contributed by atoms with Crippen molar-refractivity contribution in [2.24, 2.45) is 0 Å². The summed E-state index contributed by atoms with van der Waals surface area (Å²) in [6.45, 7) is 6.06. The van der Waals surface area contributed by atoms with Crippen molar-refractivity contribution in [3.63, 3.8) is 0 Å². The molecular formula is C39H28IrN4O-2. The quantitative estimate of drug-likeness (QED) is 0.168. The minimum absolute atomic E-state index is 0. The Kier molecular flexibility index (Phi) is 8.61. The third-order valence-corrected chi connectivity index (χ3v) is 7.60. The standard InChI is InChI=1S/C26H16N3O.C13H12N.Ir/c1-16-8-9-22-21-6-3-7-23(25(21)30-26(22)29-16)24-14-17(10-13-28-24)19-5-2-4-18-15-27-12-11-20(18)19;1-10-3-6-12(7-4-10)13-8-5-11(2)9-14-13;/h2-6,8-15H,1H3;3-6,8-9H,1-2H3;/q2*-1;. The van der Waals surface area contributed by atoms with Gasteiger partial charge in [-0.15, -0.1) is 53.6 Å². The van der Waals surface area contributed by atoms with Crippen molar-refractivity contribution in [2.75, 3.05) is 0 Å². The summed E-state index contributed by atoms with van der Waals surface area (Å²) < 4.78 is 6.14. The van der Waals surface area contributed by atoms with Crippen LogP contribution < -0.4 is 0 Å². The van der Waals surface area contributed by atoms with Crippen molar-refractivity contribution in [1.82, 2.24) is 19.9 Å². The third-order valence-electron chi connectivity index (χ3n) is 7.60. The van der Waals surface area contributed by atoms with Gasteiger partial charge in [-0.25, -0.2) is 4.98 Å². The van der Waals surface area contributed by atoms with E-state index in [4.69, 9.17) is 4.42 Å². The molecule has 5 heterocycles. The molecule has 0 bridgehead atoms. The maximum atomic E-state index is 6.14. The predicted molar refractivity (Wildman–Crippen MR) is 177 cm³/mol. The molecular weight excluding hydrogens is 733 g/mol. The molecule has 0 spiro atoms. The van der Waals surface area contributed by atoms with E-state index >= 15 is 0 Å². The average molecular weight is 761 g/mol. The smallest absolute Gasteiger partial charge is 0.216 e. The van der Waals surface area contributed by atoms with E-state index in [0.29, 0.717) is 5.71 Å². The Morgan fingerprint density at radius 3 is 2.40 bits per heavy atom. The molecule has 5 nitrogen and oxygen atoms in total. The van der Waals surface area contributed by atoms with Gasteiger partial charge in [-0.05, 0) is 71.6 Å². The Balaban J connectivity index is 0.000000201. The Morgan fingerprint density at radius 2 is 1.58 bits per heavy atom. The van der Waals surface area contributed by atoms with Gasteiger partial charge in [-0.3, -0.25) is 4.98 Å². The molecule has 6 heteroatoms. The summed E-state index contributed by atoms with van der Waals surface area (Å²) in [4.78, 5) is 17.8. The first-order valence-corrected chi connectivity index (χ1v) is 14.4. The molecule has 221 valence electrons. The van der Waals surface area contributed by atoms with Crippen molar-refractivity contribution in [3.8, 4) is 33.6 Å². The summed E-state index contributed by atoms with van der Waals surface area (Å²) in [5, 5.41) is 4.30. The second-order valence-corrected chi connectivity index (χ2v) is 10.8. The monoisotopic (exact) mass is 761 g/mol. The summed E-state index contributed by atoms with van der Waals surface area (Å²) in [6.07, 6.45) is 7.43. The van der Waals surface area contributed by atoms with Crippen LogP contribution in [-0.2, 0) is 20.1 Å². The maximum Gasteiger partial charge on any atom is 0.216 e. The van der Waals surface area contributed by atoms with Gasteiger partial charge >= 0.3 is 0 Å². The second kappa shape index (κ2) is 12.9. The first kappa shape index (κ1) is 30.0. The fourth-order valence-electron chi connectivity index (χ4n) is 5.30. The summed E-state index contributed by atoms with van der Waals surface area (Å²) in [6, 6.07) is 37.2. The third kappa shape index (κ3) is 6.16. The van der Waals surface area contributed by atoms with Crippen LogP contribution in [0, 0.1) is 32.9 Å². The molecule has 1 radical (unpaired) electrons. The van der Waals surface area contributed by atoms with Crippen molar-refractivity contribution >= 4 is 32.8 Å². The molecule has 0 atom stereocenters. The van der Waals surface area contributed by atoms with Crippen LogP contribution in [0.4, 0.5) is 0 Å². The number of hydrogen-bond donors (Lipinski definition) is 0. The van der Waals surface area contributed by atoms with E-state index in [-0.39, 0.29) is 20.1 Å². The Hall–Kier alpha value is -5.03. The summed E-state index contributed by atoms with van der Waals surface area (Å²) in [5.74, 6) is 0. The largest absolute Gasteiger partial charge is 0.486 e. The van der Waals surface area contributed by atoms with Crippen LogP contribution in [0.25, 0.3) is 66.5 Å². The van der Waals surface area contributed by atoms with E-state index in [1.807, 2.05) is 87.2 Å². The molecule has 5 aromatic heterocycles. The van der Waals surface area contributed by atoms with Crippen LogP contribution in [-0.4, -0.2) is 19.9 Å². The number of furan rings is 1. The molecule has 8 aromatic rings. The van der Waals surface area contributed by atoms with Crippen molar-refractivity contribution < 1.29 is 24.5 Å². The Bertz CT molecular complexity index is 2210. The second-order valence-electron chi connectivity index (χ2n) is 10.8. The van der Waals surface area contributed by atoms with Crippen molar-refractivity contribution in [2.45, 2.75) is 20.8 Å². The molecule has 0 aliphatic rings. The van der Waals surface area contributed by atoms with Gasteiger partial charge in [0.2, 0.25) is 5.71 Å². The van der Waals surface area contributed by atoms with Crippen LogP contribution in [0.1, 0.15) is 16.8 Å². The van der Waals surface area contributed by atoms with E-state index in [9.17, 15) is 0 Å². The molecule has 0 saturated carbocycles. The molecule has 0 fully saturated rings. The Labute approximate surface area is 275 Å². The van der Waals surface area contributed by atoms with Crippen molar-refractivity contribution in [3.05, 3.63) is 145 Å². The van der Waals surface area contributed by atoms with Gasteiger partial charge in [0.05, 0.1) is 5.58 Å². The number of aromatic nitrogens is 4. The van der Waals surface area contributed by atoms with E-state index < -0.39 is 0 Å². The van der Waals surface area contributed by atoms with Gasteiger partial charge in [0.15, 0.2) is 0 Å². The molecule has 8 rings (SSSR count). The van der Waals surface area contributed by atoms with E-state index in [1.165, 1.54) is 11.1 Å². The van der Waals surface area contributed by atoms with E-state index in [1.54, 1.807) is 0 Å². The van der Waals surface area contributed by atoms with Crippen LogP contribution in [0.2, 0.25) is 0 Å². The number of nitrogens with zero attached hydrogens (tertiary/aromatic N) is 4. The zero-order chi connectivity index (χ0) is 30.0. The van der Waals surface area contributed by atoms with Crippen molar-refractivity contribution in [1.29, 1.82) is 0 Å². The average Bonchev–Trinajstić information content (AvgIpc) is 3.43. The summed E-state index contributed by atoms with van der Waals surface area (Å²) in [5.41, 5.74) is 10.7. The molecule has 0 aliphatic heterocycles.